The van der Waals surface area contributed by atoms with Gasteiger partial charge in [0.05, 0.1) is 19.4 Å². The summed E-state index contributed by atoms with van der Waals surface area (Å²) in [4.78, 5) is 9.14. The highest BCUT2D eigenvalue weighted by Gasteiger charge is 2.08. The van der Waals surface area contributed by atoms with Crippen LogP contribution in [-0.4, -0.2) is 40.8 Å². The first-order valence-electron chi connectivity index (χ1n) is 9.89. The van der Waals surface area contributed by atoms with Crippen molar-refractivity contribution in [3.63, 3.8) is 0 Å². The molecule has 0 aliphatic rings. The van der Waals surface area contributed by atoms with Crippen molar-refractivity contribution in [1.29, 1.82) is 0 Å². The average Bonchev–Trinajstić information content (AvgIpc) is 3.39. The van der Waals surface area contributed by atoms with E-state index in [1.165, 1.54) is 5.56 Å². The van der Waals surface area contributed by atoms with Gasteiger partial charge in [-0.1, -0.05) is 12.1 Å². The van der Waals surface area contributed by atoms with E-state index in [4.69, 9.17) is 9.15 Å². The molecule has 0 aliphatic carbocycles. The summed E-state index contributed by atoms with van der Waals surface area (Å²) < 4.78 is 11.1. The average molecular weight is 396 g/mol. The number of aryl methyl sites for hydroxylation is 1. The molecule has 154 valence electrons. The highest BCUT2D eigenvalue weighted by Crippen LogP contribution is 2.21. The van der Waals surface area contributed by atoms with Gasteiger partial charge in [-0.05, 0) is 44.5 Å². The fraction of sp³-hybridized carbons (Fsp3) is 0.381. The summed E-state index contributed by atoms with van der Waals surface area (Å²) in [5, 5.41) is 13.7. The third-order valence-corrected chi connectivity index (χ3v) is 4.20. The molecule has 0 amide bonds. The maximum atomic E-state index is 5.74. The first-order chi connectivity index (χ1) is 14.2. The van der Waals surface area contributed by atoms with E-state index in [0.717, 1.165) is 29.6 Å². The van der Waals surface area contributed by atoms with Gasteiger partial charge in [-0.15, -0.1) is 0 Å². The van der Waals surface area contributed by atoms with Crippen LogP contribution < -0.4 is 15.4 Å². The monoisotopic (exact) mass is 396 g/mol. The van der Waals surface area contributed by atoms with Crippen molar-refractivity contribution in [3.05, 3.63) is 53.5 Å². The Morgan fingerprint density at radius 2 is 2.14 bits per heavy atom. The number of aromatic amines is 1. The Labute approximate surface area is 170 Å². The largest absolute Gasteiger partial charge is 0.494 e. The van der Waals surface area contributed by atoms with Crippen LogP contribution in [0.1, 0.15) is 30.8 Å². The lowest BCUT2D eigenvalue weighted by Crippen LogP contribution is -2.38. The summed E-state index contributed by atoms with van der Waals surface area (Å²) >= 11 is 0. The molecule has 0 saturated heterocycles. The van der Waals surface area contributed by atoms with Gasteiger partial charge in [-0.2, -0.15) is 5.10 Å². The lowest BCUT2D eigenvalue weighted by atomic mass is 10.1. The second kappa shape index (κ2) is 10.3. The molecular formula is C21H28N6O2. The molecule has 29 heavy (non-hydrogen) atoms. The number of H-pyrrole nitrogens is 1. The predicted molar refractivity (Wildman–Crippen MR) is 113 cm³/mol. The van der Waals surface area contributed by atoms with Crippen molar-refractivity contribution >= 4 is 5.96 Å². The molecule has 0 aliphatic heterocycles. The minimum atomic E-state index is 0.538. The van der Waals surface area contributed by atoms with Crippen LogP contribution in [0.25, 0.3) is 11.6 Å². The Hall–Kier alpha value is -3.29. The number of nitrogens with one attached hydrogen (secondary N) is 3. The fourth-order valence-electron chi connectivity index (χ4n) is 2.81. The molecule has 2 heterocycles. The number of ether oxygens (including phenoxy) is 1. The molecule has 0 bridgehead atoms. The van der Waals surface area contributed by atoms with E-state index in [1.54, 1.807) is 6.26 Å². The van der Waals surface area contributed by atoms with E-state index in [2.05, 4.69) is 55.9 Å². The summed E-state index contributed by atoms with van der Waals surface area (Å²) in [6.45, 7) is 8.71. The number of aromatic nitrogens is 3. The zero-order chi connectivity index (χ0) is 20.5. The molecule has 0 spiro atoms. The van der Waals surface area contributed by atoms with Crippen LogP contribution in [0.2, 0.25) is 0 Å². The molecule has 1 aromatic carbocycles. The second-order valence-corrected chi connectivity index (χ2v) is 6.50. The molecule has 0 unspecified atom stereocenters. The van der Waals surface area contributed by atoms with Crippen LogP contribution in [0, 0.1) is 6.92 Å². The van der Waals surface area contributed by atoms with Crippen molar-refractivity contribution in [2.45, 2.75) is 33.7 Å². The Balaban J connectivity index is 1.57. The predicted octanol–water partition coefficient (Wildman–Crippen LogP) is 3.07. The van der Waals surface area contributed by atoms with E-state index in [9.17, 15) is 0 Å². The molecule has 0 fully saturated rings. The molecule has 3 rings (SSSR count). The summed E-state index contributed by atoms with van der Waals surface area (Å²) in [5.41, 5.74) is 2.24. The third kappa shape index (κ3) is 5.84. The van der Waals surface area contributed by atoms with Gasteiger partial charge in [0.15, 0.2) is 11.7 Å². The fourth-order valence-corrected chi connectivity index (χ4v) is 2.81. The Morgan fingerprint density at radius 1 is 1.24 bits per heavy atom. The maximum absolute atomic E-state index is 5.74. The van der Waals surface area contributed by atoms with Crippen LogP contribution >= 0.6 is 0 Å². The van der Waals surface area contributed by atoms with E-state index in [1.807, 2.05) is 26.0 Å². The van der Waals surface area contributed by atoms with Gasteiger partial charge in [0.25, 0.3) is 0 Å². The van der Waals surface area contributed by atoms with Crippen LogP contribution in [0.3, 0.4) is 0 Å². The molecule has 0 atom stereocenters. The number of furan rings is 1. The van der Waals surface area contributed by atoms with Crippen molar-refractivity contribution < 1.29 is 9.15 Å². The van der Waals surface area contributed by atoms with Gasteiger partial charge in [0, 0.05) is 25.1 Å². The minimum Gasteiger partial charge on any atom is -0.494 e. The van der Waals surface area contributed by atoms with Gasteiger partial charge >= 0.3 is 0 Å². The van der Waals surface area contributed by atoms with E-state index < -0.39 is 0 Å². The van der Waals surface area contributed by atoms with Gasteiger partial charge in [0.1, 0.15) is 11.6 Å². The smallest absolute Gasteiger partial charge is 0.216 e. The highest BCUT2D eigenvalue weighted by atomic mass is 16.5. The standard InChI is InChI=1S/C21H28N6O2/c1-4-22-21(24-14-16-9-8-15(3)13-18(16)28-5-2)23-11-10-19-25-20(27-26-19)17-7-6-12-29-17/h6-9,12-13H,4-5,10-11,14H2,1-3H3,(H2,22,23,24)(H,25,26,27). The number of nitrogens with zero attached hydrogens (tertiary/aromatic N) is 3. The summed E-state index contributed by atoms with van der Waals surface area (Å²) in [5.74, 6) is 3.64. The highest BCUT2D eigenvalue weighted by molar-refractivity contribution is 5.79. The molecule has 3 aromatic rings. The van der Waals surface area contributed by atoms with Crippen LogP contribution in [0.4, 0.5) is 0 Å². The van der Waals surface area contributed by atoms with Crippen LogP contribution in [0.5, 0.6) is 5.75 Å². The summed E-state index contributed by atoms with van der Waals surface area (Å²) in [7, 11) is 0. The number of aliphatic imine (C=N–C) groups is 1. The Morgan fingerprint density at radius 3 is 2.90 bits per heavy atom. The number of hydrogen-bond donors (Lipinski definition) is 3. The van der Waals surface area contributed by atoms with Gasteiger partial charge < -0.3 is 19.8 Å². The van der Waals surface area contributed by atoms with Crippen LogP contribution in [-0.2, 0) is 13.0 Å². The molecule has 3 N–H and O–H groups in total. The van der Waals surface area contributed by atoms with Crippen molar-refractivity contribution in [2.75, 3.05) is 19.7 Å². The SMILES string of the molecule is CCNC(=NCc1ccc(C)cc1OCC)NCCc1nc(-c2ccco2)n[nH]1. The zero-order valence-corrected chi connectivity index (χ0v) is 17.2. The Bertz CT molecular complexity index is 917. The van der Waals surface area contributed by atoms with Gasteiger partial charge in [0.2, 0.25) is 5.82 Å². The lowest BCUT2D eigenvalue weighted by molar-refractivity contribution is 0.336. The van der Waals surface area contributed by atoms with Gasteiger partial charge in [-0.3, -0.25) is 5.10 Å². The minimum absolute atomic E-state index is 0.538. The molecule has 8 nitrogen and oxygen atoms in total. The summed E-state index contributed by atoms with van der Waals surface area (Å²) in [6, 6.07) is 9.85. The third-order valence-electron chi connectivity index (χ3n) is 4.20. The van der Waals surface area contributed by atoms with E-state index in [-0.39, 0.29) is 0 Å². The summed E-state index contributed by atoms with van der Waals surface area (Å²) in [6.07, 6.45) is 2.30. The topological polar surface area (TPSA) is 100 Å². The quantitative estimate of drug-likeness (QED) is 0.380. The normalized spacial score (nSPS) is 11.5. The number of benzene rings is 1. The molecule has 2 aromatic heterocycles. The van der Waals surface area contributed by atoms with E-state index in [0.29, 0.717) is 37.7 Å². The van der Waals surface area contributed by atoms with Crippen molar-refractivity contribution in [3.8, 4) is 17.3 Å². The zero-order valence-electron chi connectivity index (χ0n) is 17.2. The molecule has 0 radical (unpaired) electrons. The second-order valence-electron chi connectivity index (χ2n) is 6.50. The lowest BCUT2D eigenvalue weighted by Gasteiger charge is -2.12. The Kier molecular flexibility index (Phi) is 7.27. The van der Waals surface area contributed by atoms with Crippen LogP contribution in [0.15, 0.2) is 46.0 Å². The maximum Gasteiger partial charge on any atom is 0.216 e. The van der Waals surface area contributed by atoms with Crippen molar-refractivity contribution in [1.82, 2.24) is 25.8 Å². The van der Waals surface area contributed by atoms with E-state index >= 15 is 0 Å². The molecule has 0 saturated carbocycles. The first kappa shape index (κ1) is 20.4. The number of guanidine groups is 1. The van der Waals surface area contributed by atoms with Gasteiger partial charge in [-0.25, -0.2) is 9.98 Å². The first-order valence-corrected chi connectivity index (χ1v) is 9.89. The molecule has 8 heteroatoms. The molecular weight excluding hydrogens is 368 g/mol. The number of hydrogen-bond acceptors (Lipinski definition) is 5. The number of rotatable bonds is 9. The van der Waals surface area contributed by atoms with Crippen molar-refractivity contribution in [2.24, 2.45) is 4.99 Å².